The van der Waals surface area contributed by atoms with E-state index < -0.39 is 24.0 Å². The Labute approximate surface area is 228 Å². The summed E-state index contributed by atoms with van der Waals surface area (Å²) in [6, 6.07) is 16.7. The average Bonchev–Trinajstić information content (AvgIpc) is 3.16. The molecular formula is C28H30F3N3O6. The number of alkyl halides is 3. The molecule has 0 saturated heterocycles. The topological polar surface area (TPSA) is 138 Å². The van der Waals surface area contributed by atoms with Crippen molar-refractivity contribution in [2.75, 3.05) is 0 Å². The second-order valence-electron chi connectivity index (χ2n) is 9.36. The van der Waals surface area contributed by atoms with Crippen molar-refractivity contribution in [3.05, 3.63) is 71.4 Å². The number of halogens is 3. The van der Waals surface area contributed by atoms with Gasteiger partial charge in [-0.3, -0.25) is 19.8 Å². The van der Waals surface area contributed by atoms with E-state index in [-0.39, 0.29) is 11.9 Å². The maximum absolute atomic E-state index is 12.8. The van der Waals surface area contributed by atoms with Crippen molar-refractivity contribution in [2.45, 2.75) is 57.9 Å². The van der Waals surface area contributed by atoms with E-state index in [1.54, 1.807) is 29.7 Å². The van der Waals surface area contributed by atoms with Crippen LogP contribution in [-0.4, -0.2) is 45.3 Å². The van der Waals surface area contributed by atoms with Crippen LogP contribution in [0.2, 0.25) is 0 Å². The van der Waals surface area contributed by atoms with Gasteiger partial charge in [0.2, 0.25) is 5.91 Å². The van der Waals surface area contributed by atoms with E-state index in [0.717, 1.165) is 41.4 Å². The second-order valence-corrected chi connectivity index (χ2v) is 9.36. The van der Waals surface area contributed by atoms with Crippen LogP contribution in [0.1, 0.15) is 53.7 Å². The first-order valence-electron chi connectivity index (χ1n) is 12.6. The van der Waals surface area contributed by atoms with Gasteiger partial charge in [0.1, 0.15) is 12.4 Å². The highest BCUT2D eigenvalue weighted by atomic mass is 19.4. The Hall–Kier alpha value is -4.19. The lowest BCUT2D eigenvalue weighted by Gasteiger charge is -2.24. The molecule has 0 spiro atoms. The van der Waals surface area contributed by atoms with Crippen LogP contribution in [0.5, 0.6) is 5.75 Å². The number of carbonyl (C=O) groups excluding carboxylic acids is 2. The zero-order valence-electron chi connectivity index (χ0n) is 21.7. The SMILES string of the molecule is Cc1cc(COc2ccc(C(=O)N[C@H]3CCCCC[C@H]3C(=O)NO)cc2)c2ccccc2n1.O=C(O)C(F)(F)F. The van der Waals surface area contributed by atoms with Gasteiger partial charge in [0.15, 0.2) is 0 Å². The summed E-state index contributed by atoms with van der Waals surface area (Å²) in [6.07, 6.45) is -0.865. The summed E-state index contributed by atoms with van der Waals surface area (Å²) in [4.78, 5) is 38.3. The van der Waals surface area contributed by atoms with Crippen LogP contribution in [-0.2, 0) is 16.2 Å². The van der Waals surface area contributed by atoms with Crippen molar-refractivity contribution in [1.29, 1.82) is 0 Å². The summed E-state index contributed by atoms with van der Waals surface area (Å²) >= 11 is 0. The van der Waals surface area contributed by atoms with E-state index >= 15 is 0 Å². The van der Waals surface area contributed by atoms with Crippen molar-refractivity contribution in [1.82, 2.24) is 15.8 Å². The number of aliphatic carboxylic acids is 1. The van der Waals surface area contributed by atoms with Gasteiger partial charge in [0, 0.05) is 28.2 Å². The van der Waals surface area contributed by atoms with Crippen LogP contribution < -0.4 is 15.5 Å². The quantitative estimate of drug-likeness (QED) is 0.190. The Kier molecular flexibility index (Phi) is 10.4. The molecule has 1 aliphatic carbocycles. The minimum absolute atomic E-state index is 0.236. The molecule has 2 atom stereocenters. The number of fused-ring (bicyclic) bond motifs is 1. The molecule has 4 rings (SSSR count). The van der Waals surface area contributed by atoms with Gasteiger partial charge in [-0.25, -0.2) is 10.3 Å². The zero-order valence-corrected chi connectivity index (χ0v) is 21.7. The molecule has 0 aliphatic heterocycles. The number of hydrogen-bond acceptors (Lipinski definition) is 6. The molecule has 0 radical (unpaired) electrons. The van der Waals surface area contributed by atoms with Crippen LogP contribution in [0.3, 0.4) is 0 Å². The molecule has 1 heterocycles. The fourth-order valence-electron chi connectivity index (χ4n) is 4.51. The van der Waals surface area contributed by atoms with Gasteiger partial charge >= 0.3 is 12.1 Å². The Balaban J connectivity index is 0.000000559. The number of carbonyl (C=O) groups is 3. The molecule has 9 nitrogen and oxygen atoms in total. The number of hydrogen-bond donors (Lipinski definition) is 4. The summed E-state index contributed by atoms with van der Waals surface area (Å²) in [6.45, 7) is 2.36. The molecule has 1 aliphatic rings. The molecule has 2 amide bonds. The van der Waals surface area contributed by atoms with E-state index in [1.165, 1.54) is 0 Å². The number of nitrogens with zero attached hydrogens (tertiary/aromatic N) is 1. The van der Waals surface area contributed by atoms with Crippen LogP contribution in [0.15, 0.2) is 54.6 Å². The third kappa shape index (κ3) is 8.40. The van der Waals surface area contributed by atoms with Crippen LogP contribution in [0, 0.1) is 12.8 Å². The fourth-order valence-corrected chi connectivity index (χ4v) is 4.51. The maximum atomic E-state index is 12.8. The van der Waals surface area contributed by atoms with E-state index in [4.69, 9.17) is 19.8 Å². The predicted octanol–water partition coefficient (Wildman–Crippen LogP) is 4.94. The molecule has 214 valence electrons. The van der Waals surface area contributed by atoms with Crippen LogP contribution >= 0.6 is 0 Å². The molecule has 0 bridgehead atoms. The number of nitrogens with one attached hydrogen (secondary N) is 2. The van der Waals surface area contributed by atoms with E-state index in [9.17, 15) is 22.8 Å². The Morgan fingerprint density at radius 3 is 2.33 bits per heavy atom. The first-order chi connectivity index (χ1) is 19.0. The van der Waals surface area contributed by atoms with Gasteiger partial charge in [-0.15, -0.1) is 0 Å². The lowest BCUT2D eigenvalue weighted by Crippen LogP contribution is -2.45. The third-order valence-corrected chi connectivity index (χ3v) is 6.46. The number of amides is 2. The van der Waals surface area contributed by atoms with E-state index in [1.807, 2.05) is 37.3 Å². The molecule has 0 unspecified atom stereocenters. The van der Waals surface area contributed by atoms with Gasteiger partial charge in [-0.05, 0) is 56.2 Å². The maximum Gasteiger partial charge on any atom is 0.490 e. The number of hydroxylamine groups is 1. The lowest BCUT2D eigenvalue weighted by atomic mass is 9.93. The summed E-state index contributed by atoms with van der Waals surface area (Å²) in [5, 5.41) is 20.2. The fraction of sp³-hybridized carbons (Fsp3) is 0.357. The van der Waals surface area contributed by atoms with Gasteiger partial charge in [0.05, 0.1) is 11.4 Å². The minimum Gasteiger partial charge on any atom is -0.489 e. The van der Waals surface area contributed by atoms with Gasteiger partial charge < -0.3 is 15.2 Å². The van der Waals surface area contributed by atoms with Crippen LogP contribution in [0.25, 0.3) is 10.9 Å². The highest BCUT2D eigenvalue weighted by Gasteiger charge is 2.38. The van der Waals surface area contributed by atoms with Crippen molar-refractivity contribution in [2.24, 2.45) is 5.92 Å². The normalized spacial score (nSPS) is 17.1. The standard InChI is InChI=1S/C26H29N3O4.C2HF3O2/c1-17-15-19(21-7-5-6-10-23(21)27-17)16-33-20-13-11-18(12-14-20)25(30)28-24-9-4-2-3-8-22(24)26(31)29-32;3-2(4,5)1(6)7/h5-7,10-15,22,24,32H,2-4,8-9,16H2,1H3,(H,28,30)(H,29,31);(H,6,7)/t22-,24+;/m1./s1. The number of aromatic nitrogens is 1. The second kappa shape index (κ2) is 13.7. The summed E-state index contributed by atoms with van der Waals surface area (Å²) in [5.74, 6) is -3.20. The minimum atomic E-state index is -5.08. The number of pyridine rings is 1. The predicted molar refractivity (Wildman–Crippen MR) is 139 cm³/mol. The Bertz CT molecular complexity index is 1330. The monoisotopic (exact) mass is 561 g/mol. The molecule has 1 fully saturated rings. The smallest absolute Gasteiger partial charge is 0.489 e. The van der Waals surface area contributed by atoms with E-state index in [2.05, 4.69) is 10.3 Å². The van der Waals surface area contributed by atoms with Gasteiger partial charge in [0.25, 0.3) is 5.91 Å². The number of carboxylic acids is 1. The number of benzene rings is 2. The summed E-state index contributed by atoms with van der Waals surface area (Å²) in [7, 11) is 0. The number of carboxylic acid groups (broad SMARTS) is 1. The molecule has 12 heteroatoms. The average molecular weight is 562 g/mol. The van der Waals surface area contributed by atoms with Gasteiger partial charge in [-0.2, -0.15) is 13.2 Å². The summed E-state index contributed by atoms with van der Waals surface area (Å²) < 4.78 is 37.7. The van der Waals surface area contributed by atoms with Crippen molar-refractivity contribution < 1.29 is 42.6 Å². The van der Waals surface area contributed by atoms with Crippen molar-refractivity contribution in [3.8, 4) is 5.75 Å². The summed E-state index contributed by atoms with van der Waals surface area (Å²) in [5.41, 5.74) is 5.18. The lowest BCUT2D eigenvalue weighted by molar-refractivity contribution is -0.192. The molecular weight excluding hydrogens is 531 g/mol. The van der Waals surface area contributed by atoms with E-state index in [0.29, 0.717) is 30.8 Å². The molecule has 4 N–H and O–H groups in total. The highest BCUT2D eigenvalue weighted by Crippen LogP contribution is 2.25. The first-order valence-corrected chi connectivity index (χ1v) is 12.6. The zero-order chi connectivity index (χ0) is 29.3. The highest BCUT2D eigenvalue weighted by molar-refractivity contribution is 5.95. The number of ether oxygens (including phenoxy) is 1. The Morgan fingerprint density at radius 2 is 1.68 bits per heavy atom. The molecule has 40 heavy (non-hydrogen) atoms. The van der Waals surface area contributed by atoms with Gasteiger partial charge in [-0.1, -0.05) is 37.5 Å². The third-order valence-electron chi connectivity index (χ3n) is 6.46. The van der Waals surface area contributed by atoms with Crippen LogP contribution in [0.4, 0.5) is 13.2 Å². The number of para-hydroxylation sites is 1. The number of rotatable bonds is 6. The number of aryl methyl sites for hydroxylation is 1. The molecule has 3 aromatic rings. The molecule has 1 aromatic heterocycles. The molecule has 2 aromatic carbocycles. The molecule has 1 saturated carbocycles. The Morgan fingerprint density at radius 1 is 1.02 bits per heavy atom. The largest absolute Gasteiger partial charge is 0.490 e. The first kappa shape index (κ1) is 30.4. The van der Waals surface area contributed by atoms with Crippen molar-refractivity contribution in [3.63, 3.8) is 0 Å². The van der Waals surface area contributed by atoms with Crippen molar-refractivity contribution >= 4 is 28.7 Å².